The fourth-order valence-electron chi connectivity index (χ4n) is 4.21. The zero-order valence-electron chi connectivity index (χ0n) is 18.6. The van der Waals surface area contributed by atoms with E-state index in [0.717, 1.165) is 22.4 Å². The number of amides is 2. The van der Waals surface area contributed by atoms with Crippen LogP contribution in [0.3, 0.4) is 0 Å². The van der Waals surface area contributed by atoms with Gasteiger partial charge in [0.2, 0.25) is 0 Å². The molecule has 1 heterocycles. The Labute approximate surface area is 187 Å². The van der Waals surface area contributed by atoms with Gasteiger partial charge in [-0.3, -0.25) is 9.59 Å². The molecule has 3 aromatic rings. The zero-order chi connectivity index (χ0) is 22.8. The molecule has 0 saturated heterocycles. The van der Waals surface area contributed by atoms with E-state index in [4.69, 9.17) is 9.47 Å². The van der Waals surface area contributed by atoms with Crippen LogP contribution in [-0.4, -0.2) is 30.9 Å². The average Bonchev–Trinajstić information content (AvgIpc) is 3.08. The van der Waals surface area contributed by atoms with E-state index in [0.29, 0.717) is 22.6 Å². The van der Waals surface area contributed by atoms with Gasteiger partial charge in [-0.05, 0) is 54.8 Å². The van der Waals surface area contributed by atoms with Crippen LogP contribution in [0, 0.1) is 13.8 Å². The molecule has 4 rings (SSSR count). The van der Waals surface area contributed by atoms with Crippen molar-refractivity contribution in [1.29, 1.82) is 0 Å². The summed E-state index contributed by atoms with van der Waals surface area (Å²) in [5, 5.41) is 3.06. The van der Waals surface area contributed by atoms with Gasteiger partial charge in [0, 0.05) is 16.8 Å². The number of carbonyl (C=O) groups is 2. The Bertz CT molecular complexity index is 1170. The van der Waals surface area contributed by atoms with Crippen molar-refractivity contribution >= 4 is 17.5 Å². The van der Waals surface area contributed by atoms with Crippen LogP contribution in [0.1, 0.15) is 38.7 Å². The molecular formula is C26H26N2O4. The lowest BCUT2D eigenvalue weighted by atomic mass is 10.0. The molecule has 32 heavy (non-hydrogen) atoms. The number of methoxy groups -OCH3 is 2. The summed E-state index contributed by atoms with van der Waals surface area (Å²) in [6.45, 7) is 4.11. The van der Waals surface area contributed by atoms with E-state index in [-0.39, 0.29) is 18.4 Å². The van der Waals surface area contributed by atoms with Crippen LogP contribution in [0.15, 0.2) is 60.7 Å². The molecule has 164 valence electrons. The number of fused-ring (bicyclic) bond motifs is 1. The number of para-hydroxylation sites is 1. The first-order valence-corrected chi connectivity index (χ1v) is 10.4. The van der Waals surface area contributed by atoms with Gasteiger partial charge in [-0.25, -0.2) is 0 Å². The molecule has 0 saturated carbocycles. The molecule has 6 nitrogen and oxygen atoms in total. The monoisotopic (exact) mass is 430 g/mol. The zero-order valence-corrected chi connectivity index (χ0v) is 18.6. The number of hydrogen-bond acceptors (Lipinski definition) is 4. The van der Waals surface area contributed by atoms with E-state index >= 15 is 0 Å². The molecule has 1 unspecified atom stereocenters. The van der Waals surface area contributed by atoms with Gasteiger partial charge in [0.15, 0.2) is 0 Å². The topological polar surface area (TPSA) is 67.9 Å². The summed E-state index contributed by atoms with van der Waals surface area (Å²) >= 11 is 0. The van der Waals surface area contributed by atoms with Crippen molar-refractivity contribution in [3.63, 3.8) is 0 Å². The normalized spacial score (nSPS) is 14.8. The van der Waals surface area contributed by atoms with Crippen LogP contribution >= 0.6 is 0 Å². The van der Waals surface area contributed by atoms with Crippen molar-refractivity contribution in [3.8, 4) is 11.5 Å². The molecule has 1 aliphatic rings. The van der Waals surface area contributed by atoms with Gasteiger partial charge in [-0.15, -0.1) is 0 Å². The fourth-order valence-corrected chi connectivity index (χ4v) is 4.21. The molecule has 0 bridgehead atoms. The summed E-state index contributed by atoms with van der Waals surface area (Å²) in [7, 11) is 3.17. The van der Waals surface area contributed by atoms with E-state index in [1.54, 1.807) is 37.3 Å². The van der Waals surface area contributed by atoms with Crippen molar-refractivity contribution in [2.45, 2.75) is 26.4 Å². The first kappa shape index (κ1) is 21.4. The van der Waals surface area contributed by atoms with Gasteiger partial charge in [-0.2, -0.15) is 0 Å². The number of anilines is 1. The quantitative estimate of drug-likeness (QED) is 0.618. The van der Waals surface area contributed by atoms with Crippen molar-refractivity contribution in [1.82, 2.24) is 4.90 Å². The minimum absolute atomic E-state index is 0.188. The number of hydrogen-bond donors (Lipinski definition) is 1. The molecule has 0 fully saturated rings. The Morgan fingerprint density at radius 2 is 1.69 bits per heavy atom. The van der Waals surface area contributed by atoms with Crippen LogP contribution in [-0.2, 0) is 11.3 Å². The van der Waals surface area contributed by atoms with Crippen molar-refractivity contribution in [2.24, 2.45) is 0 Å². The van der Waals surface area contributed by atoms with Crippen LogP contribution in [0.5, 0.6) is 11.5 Å². The minimum atomic E-state index is -0.756. The number of nitrogens with one attached hydrogen (secondary N) is 1. The second-order valence-corrected chi connectivity index (χ2v) is 7.86. The maximum absolute atomic E-state index is 13.5. The minimum Gasteiger partial charge on any atom is -0.497 e. The van der Waals surface area contributed by atoms with Gasteiger partial charge in [-0.1, -0.05) is 36.4 Å². The molecule has 0 radical (unpaired) electrons. The number of ether oxygens (including phenoxy) is 2. The number of aryl methyl sites for hydroxylation is 2. The summed E-state index contributed by atoms with van der Waals surface area (Å²) in [6.07, 6.45) is 0. The SMILES string of the molecule is COc1ccc(OC)c(CN2C(=O)c3ccccc3C2C(=O)Nc2c(C)cccc2C)c1. The Balaban J connectivity index is 1.73. The van der Waals surface area contributed by atoms with E-state index < -0.39 is 6.04 Å². The predicted octanol–water partition coefficient (Wildman–Crippen LogP) is 4.66. The molecular weight excluding hydrogens is 404 g/mol. The van der Waals surface area contributed by atoms with E-state index in [9.17, 15) is 9.59 Å². The summed E-state index contributed by atoms with van der Waals surface area (Å²) in [6, 6.07) is 17.8. The van der Waals surface area contributed by atoms with Gasteiger partial charge < -0.3 is 19.7 Å². The molecule has 0 aliphatic carbocycles. The number of carbonyl (C=O) groups excluding carboxylic acids is 2. The third-order valence-corrected chi connectivity index (χ3v) is 5.86. The molecule has 6 heteroatoms. The standard InChI is InChI=1S/C26H26N2O4/c1-16-8-7-9-17(2)23(16)27-25(29)24-20-10-5-6-11-21(20)26(30)28(24)15-18-14-19(31-3)12-13-22(18)32-4/h5-14,24H,15H2,1-4H3,(H,27,29). The lowest BCUT2D eigenvalue weighted by Crippen LogP contribution is -2.35. The lowest BCUT2D eigenvalue weighted by molar-refractivity contribution is -0.120. The first-order valence-electron chi connectivity index (χ1n) is 10.4. The number of nitrogens with zero attached hydrogens (tertiary/aromatic N) is 1. The van der Waals surface area contributed by atoms with Crippen LogP contribution in [0.4, 0.5) is 5.69 Å². The number of benzene rings is 3. The summed E-state index contributed by atoms with van der Waals surface area (Å²) in [5.41, 5.74) is 4.71. The molecule has 0 aromatic heterocycles. The van der Waals surface area contributed by atoms with Gasteiger partial charge in [0.1, 0.15) is 17.5 Å². The highest BCUT2D eigenvalue weighted by atomic mass is 16.5. The molecule has 2 amide bonds. The van der Waals surface area contributed by atoms with Crippen molar-refractivity contribution < 1.29 is 19.1 Å². The molecule has 1 aliphatic heterocycles. The average molecular weight is 431 g/mol. The highest BCUT2D eigenvalue weighted by Gasteiger charge is 2.41. The Morgan fingerprint density at radius 3 is 2.38 bits per heavy atom. The van der Waals surface area contributed by atoms with E-state index in [2.05, 4.69) is 5.32 Å². The third-order valence-electron chi connectivity index (χ3n) is 5.86. The van der Waals surface area contributed by atoms with Gasteiger partial charge in [0.05, 0.1) is 20.8 Å². The molecule has 3 aromatic carbocycles. The summed E-state index contributed by atoms with van der Waals surface area (Å²) in [5.74, 6) is 0.847. The largest absolute Gasteiger partial charge is 0.497 e. The molecule has 1 atom stereocenters. The smallest absolute Gasteiger partial charge is 0.255 e. The van der Waals surface area contributed by atoms with Gasteiger partial charge in [0.25, 0.3) is 11.8 Å². The summed E-state index contributed by atoms with van der Waals surface area (Å²) in [4.78, 5) is 28.5. The van der Waals surface area contributed by atoms with Crippen molar-refractivity contribution in [3.05, 3.63) is 88.5 Å². The molecule has 1 N–H and O–H groups in total. The second kappa shape index (κ2) is 8.75. The summed E-state index contributed by atoms with van der Waals surface area (Å²) < 4.78 is 10.8. The molecule has 0 spiro atoms. The highest BCUT2D eigenvalue weighted by Crippen LogP contribution is 2.38. The Morgan fingerprint density at radius 1 is 0.969 bits per heavy atom. The van der Waals surface area contributed by atoms with Crippen molar-refractivity contribution in [2.75, 3.05) is 19.5 Å². The predicted molar refractivity (Wildman–Crippen MR) is 123 cm³/mol. The van der Waals surface area contributed by atoms with Crippen LogP contribution in [0.2, 0.25) is 0 Å². The van der Waals surface area contributed by atoms with Crippen LogP contribution < -0.4 is 14.8 Å². The number of rotatable bonds is 6. The maximum atomic E-state index is 13.5. The Hall–Kier alpha value is -3.80. The second-order valence-electron chi connectivity index (χ2n) is 7.86. The maximum Gasteiger partial charge on any atom is 0.255 e. The Kier molecular flexibility index (Phi) is 5.86. The van der Waals surface area contributed by atoms with Gasteiger partial charge >= 0.3 is 0 Å². The fraction of sp³-hybridized carbons (Fsp3) is 0.231. The highest BCUT2D eigenvalue weighted by molar-refractivity contribution is 6.08. The lowest BCUT2D eigenvalue weighted by Gasteiger charge is -2.26. The van der Waals surface area contributed by atoms with E-state index in [1.807, 2.05) is 56.3 Å². The van der Waals surface area contributed by atoms with E-state index in [1.165, 1.54) is 0 Å². The third kappa shape index (κ3) is 3.80. The first-order chi connectivity index (χ1) is 15.4. The van der Waals surface area contributed by atoms with Crippen LogP contribution in [0.25, 0.3) is 0 Å².